The van der Waals surface area contributed by atoms with Crippen molar-refractivity contribution in [2.75, 3.05) is 14.1 Å². The number of likely N-dealkylation sites (N-methyl/N-ethyl adjacent to an activating group) is 1. The summed E-state index contributed by atoms with van der Waals surface area (Å²) in [6.45, 7) is 1.59. The first-order valence-corrected chi connectivity index (χ1v) is 3.37. The number of nitrogens with zero attached hydrogens (tertiary/aromatic N) is 1. The van der Waals surface area contributed by atoms with Crippen molar-refractivity contribution in [1.29, 1.82) is 0 Å². The summed E-state index contributed by atoms with van der Waals surface area (Å²) >= 11 is 0. The fourth-order valence-electron chi connectivity index (χ4n) is 0.605. The average molecular weight is 172 g/mol. The molecule has 0 atom stereocenters. The van der Waals surface area contributed by atoms with Crippen LogP contribution in [0.2, 0.25) is 0 Å². The molecule has 0 bridgehead atoms. The fraction of sp³-hybridized carbons (Fsp3) is 0.429. The predicted octanol–water partition coefficient (Wildman–Crippen LogP) is 0.246. The molecule has 0 aromatic heterocycles. The second-order valence-corrected chi connectivity index (χ2v) is 2.33. The normalized spacial score (nSPS) is 10.8. The Balaban J connectivity index is 4.38. The van der Waals surface area contributed by atoms with Crippen LogP contribution in [0, 0.1) is 0 Å². The number of hydrogen-bond donors (Lipinski definition) is 2. The van der Waals surface area contributed by atoms with Crippen molar-refractivity contribution >= 4 is 12.0 Å². The number of carbonyl (C=O) groups is 2. The van der Waals surface area contributed by atoms with E-state index in [-0.39, 0.29) is 11.6 Å². The lowest BCUT2D eigenvalue weighted by Crippen LogP contribution is -2.33. The van der Waals surface area contributed by atoms with Gasteiger partial charge in [0, 0.05) is 14.1 Å². The van der Waals surface area contributed by atoms with E-state index in [1.807, 2.05) is 5.32 Å². The van der Waals surface area contributed by atoms with Gasteiger partial charge in [0.15, 0.2) is 0 Å². The molecule has 0 aliphatic rings. The summed E-state index contributed by atoms with van der Waals surface area (Å²) in [5, 5.41) is 10.3. The Bertz CT molecular complexity index is 221. The quantitative estimate of drug-likeness (QED) is 0.586. The molecule has 2 amide bonds. The minimum atomic E-state index is -1.24. The maximum Gasteiger partial charge on any atom is 0.409 e. The minimum Gasteiger partial charge on any atom is -0.465 e. The molecule has 12 heavy (non-hydrogen) atoms. The van der Waals surface area contributed by atoms with Gasteiger partial charge in [-0.25, -0.2) is 4.79 Å². The van der Waals surface area contributed by atoms with Gasteiger partial charge in [-0.3, -0.25) is 10.1 Å². The second kappa shape index (κ2) is 4.38. The van der Waals surface area contributed by atoms with Crippen LogP contribution >= 0.6 is 0 Å². The molecule has 0 aromatic carbocycles. The summed E-state index contributed by atoms with van der Waals surface area (Å²) < 4.78 is 0. The van der Waals surface area contributed by atoms with Crippen molar-refractivity contribution in [3.05, 3.63) is 11.8 Å². The molecule has 0 aromatic rings. The zero-order chi connectivity index (χ0) is 9.72. The molecule has 68 valence electrons. The Labute approximate surface area is 70.7 Å². The highest BCUT2D eigenvalue weighted by molar-refractivity contribution is 5.95. The van der Waals surface area contributed by atoms with Gasteiger partial charge in [0.25, 0.3) is 5.91 Å². The van der Waals surface area contributed by atoms with Crippen LogP contribution in [0.3, 0.4) is 0 Å². The van der Waals surface area contributed by atoms with Gasteiger partial charge in [0.05, 0.1) is 0 Å². The van der Waals surface area contributed by atoms with Crippen LogP contribution in [-0.2, 0) is 4.79 Å². The van der Waals surface area contributed by atoms with Gasteiger partial charge in [-0.15, -0.1) is 0 Å². The van der Waals surface area contributed by atoms with Crippen LogP contribution in [0.4, 0.5) is 4.79 Å². The third-order valence-corrected chi connectivity index (χ3v) is 1.17. The molecule has 0 unspecified atom stereocenters. The van der Waals surface area contributed by atoms with E-state index < -0.39 is 6.09 Å². The van der Waals surface area contributed by atoms with E-state index in [1.165, 1.54) is 11.0 Å². The molecule has 0 saturated heterocycles. The third-order valence-electron chi connectivity index (χ3n) is 1.17. The Kier molecular flexibility index (Phi) is 3.82. The number of carboxylic acid groups (broad SMARTS) is 1. The van der Waals surface area contributed by atoms with Crippen LogP contribution in [0.5, 0.6) is 0 Å². The van der Waals surface area contributed by atoms with Crippen molar-refractivity contribution < 1.29 is 14.7 Å². The summed E-state index contributed by atoms with van der Waals surface area (Å²) in [5.41, 5.74) is 0.0625. The Morgan fingerprint density at radius 2 is 1.92 bits per heavy atom. The molecule has 2 N–H and O–H groups in total. The van der Waals surface area contributed by atoms with Crippen LogP contribution < -0.4 is 5.32 Å². The average Bonchev–Trinajstić information content (AvgIpc) is 1.98. The molecule has 0 radical (unpaired) electrons. The summed E-state index contributed by atoms with van der Waals surface area (Å²) in [7, 11) is 3.10. The molecule has 5 heteroatoms. The monoisotopic (exact) mass is 172 g/mol. The van der Waals surface area contributed by atoms with E-state index in [0.29, 0.717) is 0 Å². The zero-order valence-electron chi connectivity index (χ0n) is 7.29. The summed E-state index contributed by atoms with van der Waals surface area (Å²) in [4.78, 5) is 22.6. The topological polar surface area (TPSA) is 69.6 Å². The summed E-state index contributed by atoms with van der Waals surface area (Å²) in [5.74, 6) is -0.361. The highest BCUT2D eigenvalue weighted by Crippen LogP contribution is 1.93. The molecule has 0 heterocycles. The van der Waals surface area contributed by atoms with Crippen molar-refractivity contribution in [1.82, 2.24) is 10.2 Å². The Morgan fingerprint density at radius 1 is 1.42 bits per heavy atom. The fourth-order valence-corrected chi connectivity index (χ4v) is 0.605. The van der Waals surface area contributed by atoms with Crippen LogP contribution in [0.25, 0.3) is 0 Å². The van der Waals surface area contributed by atoms with E-state index in [2.05, 4.69) is 0 Å². The molecule has 0 rings (SSSR count). The number of allylic oxidation sites excluding steroid dienone is 1. The van der Waals surface area contributed by atoms with Gasteiger partial charge in [-0.1, -0.05) is 6.08 Å². The van der Waals surface area contributed by atoms with Crippen molar-refractivity contribution in [2.24, 2.45) is 0 Å². The number of amides is 2. The highest BCUT2D eigenvalue weighted by atomic mass is 16.4. The van der Waals surface area contributed by atoms with Gasteiger partial charge >= 0.3 is 6.09 Å². The lowest BCUT2D eigenvalue weighted by atomic mass is 10.3. The molecule has 5 nitrogen and oxygen atoms in total. The number of carbonyl (C=O) groups excluding carboxylic acids is 1. The first-order valence-electron chi connectivity index (χ1n) is 3.37. The first-order chi connectivity index (χ1) is 5.49. The maximum atomic E-state index is 11.1. The molecule has 0 spiro atoms. The maximum absolute atomic E-state index is 11.1. The van der Waals surface area contributed by atoms with Crippen LogP contribution in [0.1, 0.15) is 6.92 Å². The molecule has 0 aliphatic carbocycles. The summed E-state index contributed by atoms with van der Waals surface area (Å²) in [6.07, 6.45) is 0.175. The largest absolute Gasteiger partial charge is 0.465 e. The van der Waals surface area contributed by atoms with E-state index in [9.17, 15) is 9.59 Å². The number of rotatable bonds is 2. The third kappa shape index (κ3) is 3.05. The lowest BCUT2D eigenvalue weighted by Gasteiger charge is -2.12. The Morgan fingerprint density at radius 3 is 2.17 bits per heavy atom. The molecule has 0 fully saturated rings. The number of nitrogens with one attached hydrogen (secondary N) is 1. The van der Waals surface area contributed by atoms with Crippen molar-refractivity contribution in [2.45, 2.75) is 6.92 Å². The van der Waals surface area contributed by atoms with Gasteiger partial charge in [-0.2, -0.15) is 0 Å². The lowest BCUT2D eigenvalue weighted by molar-refractivity contribution is -0.125. The van der Waals surface area contributed by atoms with Crippen molar-refractivity contribution in [3.8, 4) is 0 Å². The first kappa shape index (κ1) is 10.5. The smallest absolute Gasteiger partial charge is 0.409 e. The van der Waals surface area contributed by atoms with E-state index in [4.69, 9.17) is 5.11 Å². The number of hydrogen-bond acceptors (Lipinski definition) is 2. The van der Waals surface area contributed by atoms with Gasteiger partial charge in [-0.05, 0) is 6.92 Å². The highest BCUT2D eigenvalue weighted by Gasteiger charge is 2.12. The standard InChI is InChI=1S/C7H12N2O3/c1-4-5(8-7(11)12)6(10)9(2)3/h4,8H,1-3H3,(H,11,12). The van der Waals surface area contributed by atoms with E-state index >= 15 is 0 Å². The van der Waals surface area contributed by atoms with Gasteiger partial charge in [0.2, 0.25) is 0 Å². The second-order valence-electron chi connectivity index (χ2n) is 2.33. The van der Waals surface area contributed by atoms with Crippen LogP contribution in [-0.4, -0.2) is 36.1 Å². The predicted molar refractivity (Wildman–Crippen MR) is 43.6 cm³/mol. The SMILES string of the molecule is CC=C(NC(=O)O)C(=O)N(C)C. The minimum absolute atomic E-state index is 0.0625. The van der Waals surface area contributed by atoms with Gasteiger partial charge < -0.3 is 10.0 Å². The molecule has 0 saturated carbocycles. The molecular formula is C7H12N2O3. The zero-order valence-corrected chi connectivity index (χ0v) is 7.29. The van der Waals surface area contributed by atoms with E-state index in [1.54, 1.807) is 21.0 Å². The van der Waals surface area contributed by atoms with Gasteiger partial charge in [0.1, 0.15) is 5.70 Å². The molecular weight excluding hydrogens is 160 g/mol. The summed E-state index contributed by atoms with van der Waals surface area (Å²) in [6, 6.07) is 0. The Hall–Kier alpha value is -1.52. The van der Waals surface area contributed by atoms with E-state index in [0.717, 1.165) is 0 Å². The van der Waals surface area contributed by atoms with Crippen molar-refractivity contribution in [3.63, 3.8) is 0 Å². The molecule has 0 aliphatic heterocycles. The van der Waals surface area contributed by atoms with Crippen LogP contribution in [0.15, 0.2) is 11.8 Å².